The third-order valence-electron chi connectivity index (χ3n) is 2.21. The molecule has 12 heavy (non-hydrogen) atoms. The Morgan fingerprint density at radius 2 is 2.25 bits per heavy atom. The van der Waals surface area contributed by atoms with Crippen molar-refractivity contribution < 1.29 is 4.39 Å². The molecule has 0 fully saturated rings. The SMILES string of the molecule is Nc1cc(F)cc2c1CCNC2. The van der Waals surface area contributed by atoms with E-state index in [0.29, 0.717) is 5.69 Å². The molecule has 1 aromatic carbocycles. The Bertz CT molecular complexity index is 310. The second-order valence-corrected chi connectivity index (χ2v) is 3.06. The van der Waals surface area contributed by atoms with Gasteiger partial charge in [0.15, 0.2) is 0 Å². The van der Waals surface area contributed by atoms with E-state index in [-0.39, 0.29) is 5.82 Å². The van der Waals surface area contributed by atoms with Crippen LogP contribution in [0.15, 0.2) is 12.1 Å². The molecule has 0 radical (unpaired) electrons. The van der Waals surface area contributed by atoms with Crippen LogP contribution < -0.4 is 11.1 Å². The molecule has 0 bridgehead atoms. The lowest BCUT2D eigenvalue weighted by atomic mass is 9.99. The predicted molar refractivity (Wildman–Crippen MR) is 46.2 cm³/mol. The molecule has 0 spiro atoms. The van der Waals surface area contributed by atoms with Crippen LogP contribution in [-0.2, 0) is 13.0 Å². The van der Waals surface area contributed by atoms with Crippen LogP contribution in [0.4, 0.5) is 10.1 Å². The molecule has 1 heterocycles. The molecule has 0 aromatic heterocycles. The van der Waals surface area contributed by atoms with Gasteiger partial charge in [-0.05, 0) is 36.2 Å². The summed E-state index contributed by atoms with van der Waals surface area (Å²) in [6.45, 7) is 1.67. The van der Waals surface area contributed by atoms with Gasteiger partial charge < -0.3 is 11.1 Å². The molecule has 0 amide bonds. The molecule has 3 N–H and O–H groups in total. The van der Waals surface area contributed by atoms with Crippen LogP contribution in [0.1, 0.15) is 11.1 Å². The maximum Gasteiger partial charge on any atom is 0.125 e. The average Bonchev–Trinajstić information content (AvgIpc) is 2.04. The molecule has 0 atom stereocenters. The first-order valence-corrected chi connectivity index (χ1v) is 4.05. The van der Waals surface area contributed by atoms with Crippen LogP contribution >= 0.6 is 0 Å². The van der Waals surface area contributed by atoms with E-state index >= 15 is 0 Å². The zero-order chi connectivity index (χ0) is 8.55. The maximum atomic E-state index is 12.8. The average molecular weight is 166 g/mol. The zero-order valence-corrected chi connectivity index (χ0v) is 6.73. The molecule has 0 aliphatic carbocycles. The maximum absolute atomic E-state index is 12.8. The smallest absolute Gasteiger partial charge is 0.125 e. The van der Waals surface area contributed by atoms with Crippen molar-refractivity contribution in [2.45, 2.75) is 13.0 Å². The summed E-state index contributed by atoms with van der Waals surface area (Å²) in [5.41, 5.74) is 8.37. The number of rotatable bonds is 0. The zero-order valence-electron chi connectivity index (χ0n) is 6.73. The summed E-state index contributed by atoms with van der Waals surface area (Å²) in [6, 6.07) is 2.95. The Balaban J connectivity index is 2.53. The second kappa shape index (κ2) is 2.75. The van der Waals surface area contributed by atoms with Crippen molar-refractivity contribution in [2.24, 2.45) is 0 Å². The van der Waals surface area contributed by atoms with Gasteiger partial charge in [0.2, 0.25) is 0 Å². The minimum absolute atomic E-state index is 0.241. The first kappa shape index (κ1) is 7.55. The highest BCUT2D eigenvalue weighted by Gasteiger charge is 2.12. The summed E-state index contributed by atoms with van der Waals surface area (Å²) in [7, 11) is 0. The Morgan fingerprint density at radius 1 is 1.42 bits per heavy atom. The first-order valence-electron chi connectivity index (χ1n) is 4.05. The molecular formula is C9H11FN2. The fourth-order valence-corrected chi connectivity index (χ4v) is 1.62. The van der Waals surface area contributed by atoms with Crippen molar-refractivity contribution in [3.8, 4) is 0 Å². The summed E-state index contributed by atoms with van der Waals surface area (Å²) >= 11 is 0. The topological polar surface area (TPSA) is 38.0 Å². The Labute approximate surface area is 70.6 Å². The molecule has 2 nitrogen and oxygen atoms in total. The lowest BCUT2D eigenvalue weighted by molar-refractivity contribution is 0.606. The largest absolute Gasteiger partial charge is 0.398 e. The lowest BCUT2D eigenvalue weighted by Gasteiger charge is -2.18. The number of nitrogens with one attached hydrogen (secondary N) is 1. The normalized spacial score (nSPS) is 15.8. The second-order valence-electron chi connectivity index (χ2n) is 3.06. The molecule has 0 saturated heterocycles. The van der Waals surface area contributed by atoms with Crippen molar-refractivity contribution in [1.29, 1.82) is 0 Å². The van der Waals surface area contributed by atoms with Gasteiger partial charge >= 0.3 is 0 Å². The third-order valence-corrected chi connectivity index (χ3v) is 2.21. The Kier molecular flexibility index (Phi) is 1.73. The molecule has 1 aliphatic heterocycles. The van der Waals surface area contributed by atoms with E-state index in [1.54, 1.807) is 6.07 Å². The van der Waals surface area contributed by atoms with Crippen molar-refractivity contribution in [2.75, 3.05) is 12.3 Å². The van der Waals surface area contributed by atoms with Gasteiger partial charge in [-0.2, -0.15) is 0 Å². The summed E-state index contributed by atoms with van der Waals surface area (Å²) in [4.78, 5) is 0. The van der Waals surface area contributed by atoms with Gasteiger partial charge in [0.05, 0.1) is 0 Å². The van der Waals surface area contributed by atoms with Crippen LogP contribution in [0.3, 0.4) is 0 Å². The fourth-order valence-electron chi connectivity index (χ4n) is 1.62. The monoisotopic (exact) mass is 166 g/mol. The summed E-state index contributed by atoms with van der Waals surface area (Å²) in [5.74, 6) is -0.241. The predicted octanol–water partition coefficient (Wildman–Crippen LogP) is 1.05. The quantitative estimate of drug-likeness (QED) is 0.565. The van der Waals surface area contributed by atoms with Crippen molar-refractivity contribution in [3.05, 3.63) is 29.1 Å². The minimum atomic E-state index is -0.241. The highest BCUT2D eigenvalue weighted by molar-refractivity contribution is 5.52. The summed E-state index contributed by atoms with van der Waals surface area (Å²) < 4.78 is 12.8. The number of hydrogen-bond donors (Lipinski definition) is 2. The molecule has 2 rings (SSSR count). The first-order chi connectivity index (χ1) is 5.77. The van der Waals surface area contributed by atoms with Crippen molar-refractivity contribution >= 4 is 5.69 Å². The van der Waals surface area contributed by atoms with Crippen LogP contribution in [-0.4, -0.2) is 6.54 Å². The van der Waals surface area contributed by atoms with E-state index in [1.807, 2.05) is 0 Å². The van der Waals surface area contributed by atoms with Gasteiger partial charge in [0.25, 0.3) is 0 Å². The van der Waals surface area contributed by atoms with Gasteiger partial charge in [-0.1, -0.05) is 0 Å². The Hall–Kier alpha value is -1.09. The Morgan fingerprint density at radius 3 is 3.08 bits per heavy atom. The van der Waals surface area contributed by atoms with E-state index < -0.39 is 0 Å². The van der Waals surface area contributed by atoms with Gasteiger partial charge in [-0.15, -0.1) is 0 Å². The van der Waals surface area contributed by atoms with E-state index in [9.17, 15) is 4.39 Å². The number of nitrogen functional groups attached to an aromatic ring is 1. The number of benzene rings is 1. The van der Waals surface area contributed by atoms with E-state index in [4.69, 9.17) is 5.73 Å². The van der Waals surface area contributed by atoms with Gasteiger partial charge in [-0.3, -0.25) is 0 Å². The van der Waals surface area contributed by atoms with Gasteiger partial charge in [0, 0.05) is 12.2 Å². The molecular weight excluding hydrogens is 155 g/mol. The summed E-state index contributed by atoms with van der Waals surface area (Å²) in [6.07, 6.45) is 0.904. The fraction of sp³-hybridized carbons (Fsp3) is 0.333. The molecule has 1 aromatic rings. The molecule has 3 heteroatoms. The molecule has 0 unspecified atom stereocenters. The van der Waals surface area contributed by atoms with Crippen LogP contribution in [0.5, 0.6) is 0 Å². The van der Waals surface area contributed by atoms with Crippen LogP contribution in [0.2, 0.25) is 0 Å². The van der Waals surface area contributed by atoms with Crippen LogP contribution in [0, 0.1) is 5.82 Å². The van der Waals surface area contributed by atoms with Crippen LogP contribution in [0.25, 0.3) is 0 Å². The third kappa shape index (κ3) is 1.16. The number of fused-ring (bicyclic) bond motifs is 1. The number of nitrogens with two attached hydrogens (primary N) is 1. The standard InChI is InChI=1S/C9H11FN2/c10-7-3-6-5-12-2-1-8(6)9(11)4-7/h3-4,12H,1-2,5,11H2. The van der Waals surface area contributed by atoms with Gasteiger partial charge in [0.1, 0.15) is 5.82 Å². The van der Waals surface area contributed by atoms with E-state index in [2.05, 4.69) is 5.32 Å². The number of hydrogen-bond acceptors (Lipinski definition) is 2. The highest BCUT2D eigenvalue weighted by Crippen LogP contribution is 2.21. The highest BCUT2D eigenvalue weighted by atomic mass is 19.1. The van der Waals surface area contributed by atoms with Crippen molar-refractivity contribution in [1.82, 2.24) is 5.32 Å². The minimum Gasteiger partial charge on any atom is -0.398 e. The molecule has 1 aliphatic rings. The summed E-state index contributed by atoms with van der Waals surface area (Å²) in [5, 5.41) is 3.17. The lowest BCUT2D eigenvalue weighted by Crippen LogP contribution is -2.24. The number of anilines is 1. The van der Waals surface area contributed by atoms with E-state index in [1.165, 1.54) is 6.07 Å². The van der Waals surface area contributed by atoms with E-state index in [0.717, 1.165) is 30.6 Å². The van der Waals surface area contributed by atoms with Crippen molar-refractivity contribution in [3.63, 3.8) is 0 Å². The van der Waals surface area contributed by atoms with Gasteiger partial charge in [-0.25, -0.2) is 4.39 Å². The molecule has 0 saturated carbocycles. The molecule has 64 valence electrons. The number of halogens is 1.